The van der Waals surface area contributed by atoms with Crippen molar-refractivity contribution < 1.29 is 0 Å². The van der Waals surface area contributed by atoms with Gasteiger partial charge in [0.2, 0.25) is 0 Å². The maximum absolute atomic E-state index is 6.23. The zero-order valence-electron chi connectivity index (χ0n) is 50.1. The molecule has 0 radical (unpaired) electrons. The number of hydrogen-bond acceptors (Lipinski definition) is 8. The maximum Gasteiger partial charge on any atom is 0.0739 e. The maximum atomic E-state index is 6.23. The first-order valence-electron chi connectivity index (χ1n) is 31.9. The highest BCUT2D eigenvalue weighted by molar-refractivity contribution is 6.31. The van der Waals surface area contributed by atoms with Crippen LogP contribution in [-0.4, -0.2) is 72.3 Å². The van der Waals surface area contributed by atoms with Gasteiger partial charge in [-0.05, 0) is 295 Å². The summed E-state index contributed by atoms with van der Waals surface area (Å²) in [6.07, 6.45) is 24.8. The van der Waals surface area contributed by atoms with Crippen molar-refractivity contribution in [2.45, 2.75) is 103 Å². The zero-order chi connectivity index (χ0) is 59.8. The van der Waals surface area contributed by atoms with Gasteiger partial charge < -0.3 is 21.3 Å². The van der Waals surface area contributed by atoms with E-state index in [0.29, 0.717) is 0 Å². The molecule has 8 aromatic rings. The fourth-order valence-corrected chi connectivity index (χ4v) is 15.2. The van der Waals surface area contributed by atoms with Crippen LogP contribution in [0, 0.1) is 0 Å². The van der Waals surface area contributed by atoms with E-state index in [1.165, 1.54) is 134 Å². The lowest BCUT2D eigenvalue weighted by molar-refractivity contribution is 0.611. The molecule has 16 rings (SSSR count). The lowest BCUT2D eigenvalue weighted by atomic mass is 9.89. The van der Waals surface area contributed by atoms with Crippen molar-refractivity contribution in [2.75, 3.05) is 52.4 Å². The first kappa shape index (κ1) is 60.4. The molecule has 8 heterocycles. The minimum absolute atomic E-state index is 0.826. The first-order chi connectivity index (χ1) is 43.3. The van der Waals surface area contributed by atoms with Gasteiger partial charge in [-0.25, -0.2) is 0 Å². The number of halogens is 4. The Balaban J connectivity index is 0.000000108. The van der Waals surface area contributed by atoms with Gasteiger partial charge in [-0.2, -0.15) is 0 Å². The Morgan fingerprint density at radius 1 is 0.239 bits per heavy atom. The van der Waals surface area contributed by atoms with Gasteiger partial charge in [0.1, 0.15) is 0 Å². The fraction of sp³-hybridized carbons (Fsp3) is 0.316. The van der Waals surface area contributed by atoms with E-state index in [0.717, 1.165) is 175 Å². The fourth-order valence-electron chi connectivity index (χ4n) is 14.4. The summed E-state index contributed by atoms with van der Waals surface area (Å²) in [7, 11) is 0. The molecule has 4 aliphatic carbocycles. The highest BCUT2D eigenvalue weighted by Gasteiger charge is 2.28. The molecule has 88 heavy (non-hydrogen) atoms. The Morgan fingerprint density at radius 2 is 0.443 bits per heavy atom. The smallest absolute Gasteiger partial charge is 0.0739 e. The molecule has 4 aromatic carbocycles. The second-order valence-corrected chi connectivity index (χ2v) is 25.9. The van der Waals surface area contributed by atoms with Crippen molar-refractivity contribution in [3.05, 3.63) is 278 Å². The number of aromatic nitrogens is 4. The summed E-state index contributed by atoms with van der Waals surface area (Å²) in [5, 5.41) is 17.1. The van der Waals surface area contributed by atoms with Gasteiger partial charge in [0.05, 0.1) is 22.8 Å². The Hall–Kier alpha value is -6.56. The van der Waals surface area contributed by atoms with Gasteiger partial charge in [-0.3, -0.25) is 19.9 Å². The van der Waals surface area contributed by atoms with Gasteiger partial charge in [0.15, 0.2) is 0 Å². The Morgan fingerprint density at radius 3 is 0.659 bits per heavy atom. The lowest BCUT2D eigenvalue weighted by Gasteiger charge is -2.21. The van der Waals surface area contributed by atoms with Crippen molar-refractivity contribution in [2.24, 2.45) is 0 Å². The summed E-state index contributed by atoms with van der Waals surface area (Å²) in [6.45, 7) is 8.48. The van der Waals surface area contributed by atoms with Crippen LogP contribution in [0.3, 0.4) is 0 Å². The monoisotopic (exact) mass is 1240 g/mol. The lowest BCUT2D eigenvalue weighted by Crippen LogP contribution is -2.24. The quantitative estimate of drug-likeness (QED) is 0.119. The summed E-state index contributed by atoms with van der Waals surface area (Å²) < 4.78 is 0. The van der Waals surface area contributed by atoms with Crippen molar-refractivity contribution in [3.63, 3.8) is 0 Å². The van der Waals surface area contributed by atoms with Crippen LogP contribution in [0.2, 0.25) is 20.1 Å². The van der Waals surface area contributed by atoms with Crippen molar-refractivity contribution in [1.29, 1.82) is 0 Å². The molecule has 12 heteroatoms. The van der Waals surface area contributed by atoms with Crippen LogP contribution in [-0.2, 0) is 51.4 Å². The first-order valence-corrected chi connectivity index (χ1v) is 33.5. The number of fused-ring (bicyclic) bond motifs is 8. The average Bonchev–Trinajstić information content (AvgIpc) is 2.95. The number of benzene rings is 4. The number of nitrogens with zero attached hydrogens (tertiary/aromatic N) is 4. The molecule has 0 unspecified atom stereocenters. The molecule has 4 fully saturated rings. The predicted octanol–water partition coefficient (Wildman–Crippen LogP) is 16.1. The van der Waals surface area contributed by atoms with Crippen molar-refractivity contribution >= 4 is 68.7 Å². The second-order valence-electron chi connectivity index (χ2n) is 24.2. The van der Waals surface area contributed by atoms with E-state index in [1.807, 2.05) is 73.3 Å². The molecule has 4 N–H and O–H groups in total. The van der Waals surface area contributed by atoms with Crippen molar-refractivity contribution in [1.82, 2.24) is 41.2 Å². The van der Waals surface area contributed by atoms with E-state index < -0.39 is 0 Å². The average molecular weight is 1240 g/mol. The van der Waals surface area contributed by atoms with E-state index in [2.05, 4.69) is 94.1 Å². The zero-order valence-corrected chi connectivity index (χ0v) is 53.2. The second kappa shape index (κ2) is 28.5. The van der Waals surface area contributed by atoms with E-state index in [1.54, 1.807) is 0 Å². The van der Waals surface area contributed by atoms with Gasteiger partial charge in [-0.1, -0.05) is 117 Å². The molecule has 0 atom stereocenters. The molecule has 448 valence electrons. The van der Waals surface area contributed by atoms with E-state index in [-0.39, 0.29) is 0 Å². The summed E-state index contributed by atoms with van der Waals surface area (Å²) in [6, 6.07) is 42.4. The molecule has 8 aliphatic rings. The molecule has 0 amide bonds. The highest BCUT2D eigenvalue weighted by atomic mass is 35.5. The molecule has 0 bridgehead atoms. The van der Waals surface area contributed by atoms with Crippen LogP contribution in [0.5, 0.6) is 0 Å². The van der Waals surface area contributed by atoms with E-state index in [4.69, 9.17) is 66.3 Å². The molecule has 0 spiro atoms. The van der Waals surface area contributed by atoms with Crippen LogP contribution < -0.4 is 21.3 Å². The predicted molar refractivity (Wildman–Crippen MR) is 365 cm³/mol. The van der Waals surface area contributed by atoms with Gasteiger partial charge in [0, 0.05) is 67.2 Å². The standard InChI is InChI=1S/4C19H19ClN2/c4*20-16-5-6-17-15(12-16)4-3-14-2-1-9-22-19(14)18(17)13-7-10-21-11-8-13/h4*1-2,5-6,9,12,21H,3-4,7-8,10-11H2. The number of hydrogen-bond donors (Lipinski definition) is 4. The van der Waals surface area contributed by atoms with Crippen LogP contribution in [0.1, 0.15) is 141 Å². The van der Waals surface area contributed by atoms with E-state index in [9.17, 15) is 0 Å². The molecular weight excluding hydrogens is 1170 g/mol. The number of rotatable bonds is 0. The van der Waals surface area contributed by atoms with Crippen LogP contribution in [0.15, 0.2) is 168 Å². The third-order valence-corrected chi connectivity index (χ3v) is 19.7. The Bertz CT molecular complexity index is 3480. The molecule has 4 aliphatic heterocycles. The Kier molecular flexibility index (Phi) is 19.6. The van der Waals surface area contributed by atoms with E-state index >= 15 is 0 Å². The third kappa shape index (κ3) is 13.6. The third-order valence-electron chi connectivity index (χ3n) is 18.8. The summed E-state index contributed by atoms with van der Waals surface area (Å²) in [4.78, 5) is 19.0. The number of aryl methyl sites for hydroxylation is 8. The molecular formula is C76H76Cl4N8. The number of piperidine rings is 4. The largest absolute Gasteiger partial charge is 0.316 e. The molecule has 8 nitrogen and oxygen atoms in total. The normalized spacial score (nSPS) is 17.7. The topological polar surface area (TPSA) is 99.7 Å². The minimum Gasteiger partial charge on any atom is -0.316 e. The minimum atomic E-state index is 0.826. The summed E-state index contributed by atoms with van der Waals surface area (Å²) >= 11 is 24.9. The molecule has 4 saturated heterocycles. The van der Waals surface area contributed by atoms with Crippen LogP contribution >= 0.6 is 46.4 Å². The number of nitrogens with one attached hydrogen (secondary N) is 4. The molecule has 4 aromatic heterocycles. The SMILES string of the molecule is Clc1ccc2c(c1)CCc1cccnc1C2=C1CCNCC1.Clc1ccc2c(c1)CCc1cccnc1C2=C1CCNCC1.Clc1ccc2c(c1)CCc1cccnc1C2=C1CCNCC1.Clc1ccc2c(c1)CCc1cccnc1C2=C1CCNCC1. The molecule has 0 saturated carbocycles. The number of pyridine rings is 4. The highest BCUT2D eigenvalue weighted by Crippen LogP contribution is 2.42. The van der Waals surface area contributed by atoms with Crippen LogP contribution in [0.4, 0.5) is 0 Å². The van der Waals surface area contributed by atoms with Gasteiger partial charge in [0.25, 0.3) is 0 Å². The summed E-state index contributed by atoms with van der Waals surface area (Å²) in [5.74, 6) is 0. The van der Waals surface area contributed by atoms with Crippen molar-refractivity contribution in [3.8, 4) is 0 Å². The van der Waals surface area contributed by atoms with Crippen LogP contribution in [0.25, 0.3) is 22.3 Å². The van der Waals surface area contributed by atoms with Gasteiger partial charge >= 0.3 is 0 Å². The van der Waals surface area contributed by atoms with Gasteiger partial charge in [-0.15, -0.1) is 0 Å². The Labute approximate surface area is 539 Å². The summed E-state index contributed by atoms with van der Waals surface area (Å²) in [5.41, 5.74) is 32.5.